The molecule has 0 radical (unpaired) electrons. The highest BCUT2D eigenvalue weighted by Gasteiger charge is 2.16. The van der Waals surface area contributed by atoms with E-state index in [1.165, 1.54) is 6.07 Å². The van der Waals surface area contributed by atoms with Crippen molar-refractivity contribution < 1.29 is 18.4 Å². The van der Waals surface area contributed by atoms with E-state index < -0.39 is 11.6 Å². The van der Waals surface area contributed by atoms with Crippen LogP contribution in [0.5, 0.6) is 0 Å². The standard InChI is InChI=1S/C15H20F2N2O2/c1-4-19(5-2)15(21)10-18(3)9-14(20)11-6-7-12(16)13(17)8-11/h6-8H,4-5,9-10H2,1-3H3. The van der Waals surface area contributed by atoms with Gasteiger partial charge in [0.1, 0.15) is 0 Å². The van der Waals surface area contributed by atoms with Gasteiger partial charge in [-0.2, -0.15) is 0 Å². The van der Waals surface area contributed by atoms with Gasteiger partial charge in [-0.05, 0) is 39.1 Å². The summed E-state index contributed by atoms with van der Waals surface area (Å²) in [7, 11) is 1.64. The maximum Gasteiger partial charge on any atom is 0.236 e. The number of rotatable bonds is 7. The van der Waals surface area contributed by atoms with Crippen LogP contribution in [0.4, 0.5) is 8.78 Å². The fraction of sp³-hybridized carbons (Fsp3) is 0.467. The predicted octanol–water partition coefficient (Wildman–Crippen LogP) is 1.95. The number of benzene rings is 1. The van der Waals surface area contributed by atoms with Gasteiger partial charge < -0.3 is 4.90 Å². The SMILES string of the molecule is CCN(CC)C(=O)CN(C)CC(=O)c1ccc(F)c(F)c1. The molecule has 0 aliphatic heterocycles. The second-order valence-corrected chi connectivity index (χ2v) is 4.79. The molecule has 21 heavy (non-hydrogen) atoms. The van der Waals surface area contributed by atoms with Gasteiger partial charge in [-0.3, -0.25) is 14.5 Å². The summed E-state index contributed by atoms with van der Waals surface area (Å²) < 4.78 is 25.9. The molecule has 0 fully saturated rings. The number of ketones is 1. The Morgan fingerprint density at radius 2 is 1.67 bits per heavy atom. The van der Waals surface area contributed by atoms with E-state index in [-0.39, 0.29) is 30.3 Å². The molecule has 1 amide bonds. The third kappa shape index (κ3) is 4.90. The van der Waals surface area contributed by atoms with Gasteiger partial charge in [0.05, 0.1) is 13.1 Å². The molecule has 0 aliphatic rings. The first-order valence-electron chi connectivity index (χ1n) is 6.83. The molecule has 1 rings (SSSR count). The normalized spacial score (nSPS) is 10.8. The van der Waals surface area contributed by atoms with Gasteiger partial charge in [0, 0.05) is 18.7 Å². The van der Waals surface area contributed by atoms with Gasteiger partial charge in [0.2, 0.25) is 5.91 Å². The van der Waals surface area contributed by atoms with Crippen LogP contribution in [-0.2, 0) is 4.79 Å². The van der Waals surface area contributed by atoms with Crippen molar-refractivity contribution in [3.05, 3.63) is 35.4 Å². The summed E-state index contributed by atoms with van der Waals surface area (Å²) in [6.45, 7) is 5.07. The van der Waals surface area contributed by atoms with Crippen molar-refractivity contribution in [1.29, 1.82) is 0 Å². The highest BCUT2D eigenvalue weighted by atomic mass is 19.2. The van der Waals surface area contributed by atoms with Crippen LogP contribution in [-0.4, -0.2) is 54.7 Å². The van der Waals surface area contributed by atoms with Gasteiger partial charge in [0.25, 0.3) is 0 Å². The first-order valence-corrected chi connectivity index (χ1v) is 6.83. The van der Waals surface area contributed by atoms with Crippen molar-refractivity contribution in [3.63, 3.8) is 0 Å². The first kappa shape index (κ1) is 17.2. The summed E-state index contributed by atoms with van der Waals surface area (Å²) >= 11 is 0. The lowest BCUT2D eigenvalue weighted by Crippen LogP contribution is -2.40. The number of carbonyl (C=O) groups is 2. The fourth-order valence-corrected chi connectivity index (χ4v) is 1.97. The molecule has 0 spiro atoms. The van der Waals surface area contributed by atoms with Gasteiger partial charge >= 0.3 is 0 Å². The number of hydrogen-bond acceptors (Lipinski definition) is 3. The number of Topliss-reactive ketones (excluding diaryl/α,β-unsaturated/α-hetero) is 1. The lowest BCUT2D eigenvalue weighted by atomic mass is 10.1. The highest BCUT2D eigenvalue weighted by Crippen LogP contribution is 2.09. The van der Waals surface area contributed by atoms with E-state index in [4.69, 9.17) is 0 Å². The summed E-state index contributed by atoms with van der Waals surface area (Å²) in [6.07, 6.45) is 0. The maximum atomic E-state index is 13.1. The fourth-order valence-electron chi connectivity index (χ4n) is 1.97. The Kier molecular flexibility index (Phi) is 6.42. The average Bonchev–Trinajstić information content (AvgIpc) is 2.42. The molecule has 0 saturated carbocycles. The summed E-state index contributed by atoms with van der Waals surface area (Å²) in [5.74, 6) is -2.47. The third-order valence-corrected chi connectivity index (χ3v) is 3.18. The molecule has 0 aromatic heterocycles. The van der Waals surface area contributed by atoms with Crippen LogP contribution in [0.3, 0.4) is 0 Å². The molecule has 1 aromatic carbocycles. The molecule has 0 heterocycles. The first-order chi connectivity index (χ1) is 9.88. The lowest BCUT2D eigenvalue weighted by Gasteiger charge is -2.22. The Balaban J connectivity index is 2.61. The van der Waals surface area contributed by atoms with E-state index >= 15 is 0 Å². The number of carbonyl (C=O) groups excluding carboxylic acids is 2. The van der Waals surface area contributed by atoms with Crippen LogP contribution < -0.4 is 0 Å². The molecule has 1 aromatic rings. The predicted molar refractivity (Wildman–Crippen MR) is 76.1 cm³/mol. The van der Waals surface area contributed by atoms with Crippen LogP contribution >= 0.6 is 0 Å². The Labute approximate surface area is 123 Å². The Bertz CT molecular complexity index is 516. The van der Waals surface area contributed by atoms with Gasteiger partial charge in [0.15, 0.2) is 17.4 Å². The van der Waals surface area contributed by atoms with Crippen LogP contribution in [0.25, 0.3) is 0 Å². The monoisotopic (exact) mass is 298 g/mol. The molecule has 6 heteroatoms. The van der Waals surface area contributed by atoms with Gasteiger partial charge in [-0.15, -0.1) is 0 Å². The smallest absolute Gasteiger partial charge is 0.236 e. The van der Waals surface area contributed by atoms with E-state index in [1.807, 2.05) is 13.8 Å². The molecule has 0 aliphatic carbocycles. The average molecular weight is 298 g/mol. The molecule has 116 valence electrons. The Hall–Kier alpha value is -1.82. The van der Waals surface area contributed by atoms with Crippen molar-refractivity contribution in [2.24, 2.45) is 0 Å². The van der Waals surface area contributed by atoms with Crippen molar-refractivity contribution in [2.75, 3.05) is 33.2 Å². The number of likely N-dealkylation sites (N-methyl/N-ethyl adjacent to an activating group) is 2. The van der Waals surface area contributed by atoms with Crippen molar-refractivity contribution in [3.8, 4) is 0 Å². The second-order valence-electron chi connectivity index (χ2n) is 4.79. The molecule has 0 atom stereocenters. The van der Waals surface area contributed by atoms with E-state index in [9.17, 15) is 18.4 Å². The summed E-state index contributed by atoms with van der Waals surface area (Å²) in [6, 6.07) is 3.03. The lowest BCUT2D eigenvalue weighted by molar-refractivity contribution is -0.131. The molecular weight excluding hydrogens is 278 g/mol. The molecule has 0 N–H and O–H groups in total. The third-order valence-electron chi connectivity index (χ3n) is 3.18. The minimum atomic E-state index is -1.05. The van der Waals surface area contributed by atoms with Gasteiger partial charge in [-0.25, -0.2) is 8.78 Å². The number of nitrogens with zero attached hydrogens (tertiary/aromatic N) is 2. The van der Waals surface area contributed by atoms with E-state index in [2.05, 4.69) is 0 Å². The maximum absolute atomic E-state index is 13.1. The molecular formula is C15H20F2N2O2. The molecule has 0 saturated heterocycles. The van der Waals surface area contributed by atoms with Crippen LogP contribution in [0.2, 0.25) is 0 Å². The minimum Gasteiger partial charge on any atom is -0.342 e. The zero-order valence-electron chi connectivity index (χ0n) is 12.5. The molecule has 4 nitrogen and oxygen atoms in total. The summed E-state index contributed by atoms with van der Waals surface area (Å²) in [5.41, 5.74) is 0.0936. The van der Waals surface area contributed by atoms with E-state index in [1.54, 1.807) is 16.8 Å². The summed E-state index contributed by atoms with van der Waals surface area (Å²) in [5, 5.41) is 0. The topological polar surface area (TPSA) is 40.6 Å². The largest absolute Gasteiger partial charge is 0.342 e. The van der Waals surface area contributed by atoms with E-state index in [0.29, 0.717) is 13.1 Å². The Morgan fingerprint density at radius 3 is 2.19 bits per heavy atom. The Morgan fingerprint density at radius 1 is 1.05 bits per heavy atom. The zero-order chi connectivity index (χ0) is 16.0. The number of amides is 1. The number of hydrogen-bond donors (Lipinski definition) is 0. The number of halogens is 2. The van der Waals surface area contributed by atoms with Gasteiger partial charge in [-0.1, -0.05) is 0 Å². The summed E-state index contributed by atoms with van der Waals surface area (Å²) in [4.78, 5) is 27.1. The minimum absolute atomic E-state index is 0.0297. The quantitative estimate of drug-likeness (QED) is 0.722. The van der Waals surface area contributed by atoms with Crippen LogP contribution in [0.15, 0.2) is 18.2 Å². The van der Waals surface area contributed by atoms with Crippen LogP contribution in [0.1, 0.15) is 24.2 Å². The highest BCUT2D eigenvalue weighted by molar-refractivity contribution is 5.97. The molecule has 0 unspecified atom stereocenters. The second kappa shape index (κ2) is 7.83. The zero-order valence-corrected chi connectivity index (χ0v) is 12.5. The molecule has 0 bridgehead atoms. The van der Waals surface area contributed by atoms with Crippen LogP contribution in [0, 0.1) is 11.6 Å². The van der Waals surface area contributed by atoms with E-state index in [0.717, 1.165) is 12.1 Å². The van der Waals surface area contributed by atoms with Crippen molar-refractivity contribution in [2.45, 2.75) is 13.8 Å². The van der Waals surface area contributed by atoms with Crippen molar-refractivity contribution in [1.82, 2.24) is 9.80 Å². The van der Waals surface area contributed by atoms with Crippen molar-refractivity contribution >= 4 is 11.7 Å².